The summed E-state index contributed by atoms with van der Waals surface area (Å²) in [6.45, 7) is 1.12. The summed E-state index contributed by atoms with van der Waals surface area (Å²) in [4.78, 5) is 16.6. The Kier molecular flexibility index (Phi) is 8.23. The molecule has 1 heterocycles. The lowest BCUT2D eigenvalue weighted by molar-refractivity contribution is -0.274. The van der Waals surface area contributed by atoms with Gasteiger partial charge in [-0.1, -0.05) is 30.3 Å². The van der Waals surface area contributed by atoms with E-state index in [0.717, 1.165) is 19.1 Å². The molecule has 0 saturated carbocycles. The molecule has 4 aromatic rings. The van der Waals surface area contributed by atoms with Crippen LogP contribution in [0, 0.1) is 0 Å². The zero-order valence-corrected chi connectivity index (χ0v) is 21.2. The van der Waals surface area contributed by atoms with Gasteiger partial charge in [0.15, 0.2) is 5.82 Å². The highest BCUT2D eigenvalue weighted by Crippen LogP contribution is 2.40. The zero-order valence-electron chi connectivity index (χ0n) is 21.2. The van der Waals surface area contributed by atoms with Crippen molar-refractivity contribution in [1.82, 2.24) is 14.8 Å². The maximum atomic E-state index is 13.4. The number of hydrogen-bond donors (Lipinski definition) is 0. The van der Waals surface area contributed by atoms with Crippen molar-refractivity contribution in [3.05, 3.63) is 95.3 Å². The highest BCUT2D eigenvalue weighted by Gasteiger charge is 2.39. The molecule has 1 aromatic heterocycles. The second kappa shape index (κ2) is 11.4. The number of carbonyl (C=O) groups is 1. The molecule has 0 spiro atoms. The lowest BCUT2D eigenvalue weighted by Crippen LogP contribution is -2.18. The van der Waals surface area contributed by atoms with Gasteiger partial charge < -0.3 is 9.47 Å². The molecule has 1 atom stereocenters. The van der Waals surface area contributed by atoms with Crippen LogP contribution in [-0.2, 0) is 28.3 Å². The predicted octanol–water partition coefficient (Wildman–Crippen LogP) is 7.72. The van der Waals surface area contributed by atoms with Crippen LogP contribution in [0.4, 0.5) is 39.5 Å². The Bertz CT molecular complexity index is 1540. The Labute approximate surface area is 231 Å². The van der Waals surface area contributed by atoms with Crippen LogP contribution in [0.25, 0.3) is 17.1 Å². The van der Waals surface area contributed by atoms with E-state index in [1.165, 1.54) is 35.3 Å². The van der Waals surface area contributed by atoms with Crippen molar-refractivity contribution in [3.63, 3.8) is 0 Å². The first-order chi connectivity index (χ1) is 19.5. The molecular formula is C27H18F9N3O3. The van der Waals surface area contributed by atoms with Crippen LogP contribution >= 0.6 is 0 Å². The highest BCUT2D eigenvalue weighted by molar-refractivity contribution is 5.73. The largest absolute Gasteiger partial charge is 0.573 e. The van der Waals surface area contributed by atoms with E-state index in [-0.39, 0.29) is 18.3 Å². The van der Waals surface area contributed by atoms with E-state index in [1.54, 1.807) is 12.1 Å². The fourth-order valence-corrected chi connectivity index (χ4v) is 3.89. The molecule has 0 N–H and O–H groups in total. The van der Waals surface area contributed by atoms with E-state index in [9.17, 15) is 44.3 Å². The highest BCUT2D eigenvalue weighted by atomic mass is 19.4. The van der Waals surface area contributed by atoms with Crippen LogP contribution in [0.3, 0.4) is 0 Å². The van der Waals surface area contributed by atoms with Crippen molar-refractivity contribution in [1.29, 1.82) is 0 Å². The number of rotatable bonds is 7. The van der Waals surface area contributed by atoms with Crippen molar-refractivity contribution in [3.8, 4) is 22.8 Å². The molecule has 42 heavy (non-hydrogen) atoms. The summed E-state index contributed by atoms with van der Waals surface area (Å²) in [5.74, 6) is -1.07. The van der Waals surface area contributed by atoms with E-state index < -0.39 is 53.2 Å². The Morgan fingerprint density at radius 2 is 1.50 bits per heavy atom. The molecule has 1 unspecified atom stereocenters. The van der Waals surface area contributed by atoms with Crippen LogP contribution in [0.1, 0.15) is 35.3 Å². The summed E-state index contributed by atoms with van der Waals surface area (Å²) in [7, 11) is 0. The van der Waals surface area contributed by atoms with Gasteiger partial charge in [-0.05, 0) is 48.9 Å². The molecule has 0 amide bonds. The molecule has 222 valence electrons. The topological polar surface area (TPSA) is 66.2 Å². The number of hydrogen-bond acceptors (Lipinski definition) is 5. The minimum absolute atomic E-state index is 0.0227. The molecular weight excluding hydrogens is 585 g/mol. The van der Waals surface area contributed by atoms with E-state index in [2.05, 4.69) is 14.8 Å². The first-order valence-electron chi connectivity index (χ1n) is 11.8. The first kappa shape index (κ1) is 30.4. The molecule has 0 aliphatic rings. The zero-order chi connectivity index (χ0) is 30.9. The summed E-state index contributed by atoms with van der Waals surface area (Å²) >= 11 is 0. The van der Waals surface area contributed by atoms with Gasteiger partial charge in [0.1, 0.15) is 18.2 Å². The van der Waals surface area contributed by atoms with Crippen molar-refractivity contribution >= 4 is 5.97 Å². The van der Waals surface area contributed by atoms with Gasteiger partial charge in [-0.2, -0.15) is 26.3 Å². The van der Waals surface area contributed by atoms with Crippen LogP contribution in [0.5, 0.6) is 5.75 Å². The van der Waals surface area contributed by atoms with Crippen molar-refractivity contribution in [2.75, 3.05) is 0 Å². The van der Waals surface area contributed by atoms with E-state index in [0.29, 0.717) is 28.9 Å². The molecule has 4 rings (SSSR count). The van der Waals surface area contributed by atoms with Crippen molar-refractivity contribution in [2.24, 2.45) is 0 Å². The van der Waals surface area contributed by atoms with Gasteiger partial charge in [-0.25, -0.2) is 9.67 Å². The number of halogens is 9. The van der Waals surface area contributed by atoms with Crippen LogP contribution in [-0.4, -0.2) is 27.1 Å². The minimum atomic E-state index is -5.11. The van der Waals surface area contributed by atoms with Gasteiger partial charge in [0.05, 0.1) is 23.2 Å². The average molecular weight is 603 g/mol. The van der Waals surface area contributed by atoms with Crippen LogP contribution < -0.4 is 4.74 Å². The molecule has 0 aliphatic carbocycles. The quantitative estimate of drug-likeness (QED) is 0.160. The number of benzene rings is 3. The second-order valence-corrected chi connectivity index (χ2v) is 8.86. The molecule has 15 heteroatoms. The van der Waals surface area contributed by atoms with Crippen LogP contribution in [0.15, 0.2) is 73.1 Å². The number of alkyl halides is 9. The van der Waals surface area contributed by atoms with E-state index in [1.807, 2.05) is 0 Å². The first-order valence-corrected chi connectivity index (χ1v) is 11.8. The van der Waals surface area contributed by atoms with Gasteiger partial charge >= 0.3 is 24.7 Å². The molecule has 0 saturated heterocycles. The van der Waals surface area contributed by atoms with E-state index in [4.69, 9.17) is 4.74 Å². The van der Waals surface area contributed by atoms with Gasteiger partial charge in [-0.3, -0.25) is 4.79 Å². The third kappa shape index (κ3) is 7.59. The second-order valence-electron chi connectivity index (χ2n) is 8.86. The Morgan fingerprint density at radius 1 is 0.857 bits per heavy atom. The van der Waals surface area contributed by atoms with E-state index >= 15 is 0 Å². The summed E-state index contributed by atoms with van der Waals surface area (Å²) in [5.41, 5.74) is -2.33. The SMILES string of the molecule is CC(OC(=O)Cc1ccc(-c2ncn(-c3ccc(OC(F)(F)F)cc3)n2)cc1)c1ccc(C(F)(F)F)cc1C(F)(F)F. The van der Waals surface area contributed by atoms with Gasteiger partial charge in [0.2, 0.25) is 0 Å². The van der Waals surface area contributed by atoms with Gasteiger partial charge in [0.25, 0.3) is 0 Å². The van der Waals surface area contributed by atoms with Crippen molar-refractivity contribution in [2.45, 2.75) is 38.2 Å². The van der Waals surface area contributed by atoms with Gasteiger partial charge in [0, 0.05) is 11.1 Å². The number of nitrogens with zero attached hydrogens (tertiary/aromatic N) is 3. The molecule has 6 nitrogen and oxygen atoms in total. The normalized spacial score (nSPS) is 13.1. The van der Waals surface area contributed by atoms with Crippen LogP contribution in [0.2, 0.25) is 0 Å². The standard InChI is InChI=1S/C27H18F9N3O3/c1-15(21-11-6-18(25(28,29)30)13-22(21)26(31,32)33)41-23(40)12-16-2-4-17(5-3-16)24-37-14-39(38-24)19-7-9-20(10-8-19)42-27(34,35)36/h2-11,13-15H,12H2,1H3. The lowest BCUT2D eigenvalue weighted by atomic mass is 9.99. The fourth-order valence-electron chi connectivity index (χ4n) is 3.89. The molecule has 0 fully saturated rings. The molecule has 0 radical (unpaired) electrons. The predicted molar refractivity (Wildman–Crippen MR) is 128 cm³/mol. The molecule has 0 bridgehead atoms. The Morgan fingerprint density at radius 3 is 2.07 bits per heavy atom. The smallest absolute Gasteiger partial charge is 0.458 e. The maximum absolute atomic E-state index is 13.4. The Hall–Kier alpha value is -4.56. The Balaban J connectivity index is 1.41. The minimum Gasteiger partial charge on any atom is -0.458 e. The molecule has 3 aromatic carbocycles. The average Bonchev–Trinajstić information content (AvgIpc) is 3.37. The fraction of sp³-hybridized carbons (Fsp3) is 0.222. The van der Waals surface area contributed by atoms with Crippen molar-refractivity contribution < 1.29 is 53.8 Å². The summed E-state index contributed by atoms with van der Waals surface area (Å²) < 4.78 is 126. The summed E-state index contributed by atoms with van der Waals surface area (Å²) in [5, 5.41) is 4.26. The maximum Gasteiger partial charge on any atom is 0.573 e. The number of ether oxygens (including phenoxy) is 2. The third-order valence-electron chi connectivity index (χ3n) is 5.82. The summed E-state index contributed by atoms with van der Waals surface area (Å²) in [6.07, 6.45) is -15.4. The number of carbonyl (C=O) groups excluding carboxylic acids is 1. The lowest BCUT2D eigenvalue weighted by Gasteiger charge is -2.20. The number of aromatic nitrogens is 3. The molecule has 0 aliphatic heterocycles. The third-order valence-corrected chi connectivity index (χ3v) is 5.82. The summed E-state index contributed by atoms with van der Waals surface area (Å²) in [6, 6.07) is 12.2. The number of esters is 1. The monoisotopic (exact) mass is 603 g/mol. The van der Waals surface area contributed by atoms with Gasteiger partial charge in [-0.15, -0.1) is 18.3 Å².